The zero-order chi connectivity index (χ0) is 11.9. The van der Waals surface area contributed by atoms with Crippen LogP contribution in [-0.2, 0) is 6.42 Å². The first-order valence-corrected chi connectivity index (χ1v) is 7.08. The first-order chi connectivity index (χ1) is 8.36. The van der Waals surface area contributed by atoms with Gasteiger partial charge in [-0.05, 0) is 30.7 Å². The molecule has 0 aromatic heterocycles. The van der Waals surface area contributed by atoms with Gasteiger partial charge in [-0.15, -0.1) is 0 Å². The molecule has 1 heteroatoms. The van der Waals surface area contributed by atoms with Gasteiger partial charge in [-0.1, -0.05) is 62.4 Å². The second-order valence-electron chi connectivity index (χ2n) is 5.36. The Morgan fingerprint density at radius 1 is 0.941 bits per heavy atom. The SMILES string of the molecule is OC(Cc1ccccc1)C1CCCCCCC1. The Labute approximate surface area is 105 Å². The number of aliphatic hydroxyl groups is 1. The van der Waals surface area contributed by atoms with Gasteiger partial charge in [0.05, 0.1) is 6.10 Å². The van der Waals surface area contributed by atoms with Crippen LogP contribution in [0.5, 0.6) is 0 Å². The standard InChI is InChI=1S/C16H24O/c17-16(13-14-9-5-4-6-10-14)15-11-7-2-1-3-8-12-15/h4-6,9-10,15-17H,1-3,7-8,11-13H2. The molecule has 1 N–H and O–H groups in total. The molecule has 0 aliphatic heterocycles. The third-order valence-corrected chi connectivity index (χ3v) is 3.98. The highest BCUT2D eigenvalue weighted by Crippen LogP contribution is 2.26. The second-order valence-corrected chi connectivity index (χ2v) is 5.36. The smallest absolute Gasteiger partial charge is 0.0608 e. The first-order valence-electron chi connectivity index (χ1n) is 7.08. The van der Waals surface area contributed by atoms with Gasteiger partial charge in [0.25, 0.3) is 0 Å². The zero-order valence-corrected chi connectivity index (χ0v) is 10.6. The third kappa shape index (κ3) is 4.16. The van der Waals surface area contributed by atoms with Crippen molar-refractivity contribution in [3.8, 4) is 0 Å². The normalized spacial score (nSPS) is 20.5. The average molecular weight is 232 g/mol. The van der Waals surface area contributed by atoms with Crippen molar-refractivity contribution in [2.75, 3.05) is 0 Å². The van der Waals surface area contributed by atoms with Crippen LogP contribution in [-0.4, -0.2) is 11.2 Å². The molecule has 1 aliphatic rings. The quantitative estimate of drug-likeness (QED) is 0.836. The topological polar surface area (TPSA) is 20.2 Å². The minimum absolute atomic E-state index is 0.143. The van der Waals surface area contributed by atoms with Crippen molar-refractivity contribution in [3.05, 3.63) is 35.9 Å². The number of hydrogen-bond donors (Lipinski definition) is 1. The van der Waals surface area contributed by atoms with Crippen molar-refractivity contribution in [2.45, 2.75) is 57.5 Å². The van der Waals surface area contributed by atoms with Gasteiger partial charge in [-0.25, -0.2) is 0 Å². The zero-order valence-electron chi connectivity index (χ0n) is 10.6. The number of benzene rings is 1. The van der Waals surface area contributed by atoms with Crippen LogP contribution in [0.25, 0.3) is 0 Å². The van der Waals surface area contributed by atoms with E-state index in [4.69, 9.17) is 0 Å². The molecule has 17 heavy (non-hydrogen) atoms. The van der Waals surface area contributed by atoms with Gasteiger partial charge >= 0.3 is 0 Å². The Morgan fingerprint density at radius 2 is 1.53 bits per heavy atom. The molecule has 0 bridgehead atoms. The van der Waals surface area contributed by atoms with E-state index < -0.39 is 0 Å². The molecule has 1 fully saturated rings. The molecule has 1 atom stereocenters. The van der Waals surface area contributed by atoms with E-state index in [2.05, 4.69) is 24.3 Å². The van der Waals surface area contributed by atoms with Crippen LogP contribution in [0.15, 0.2) is 30.3 Å². The predicted octanol–water partition coefficient (Wildman–Crippen LogP) is 3.95. The van der Waals surface area contributed by atoms with E-state index in [1.54, 1.807) is 0 Å². The second kappa shape index (κ2) is 6.80. The summed E-state index contributed by atoms with van der Waals surface area (Å²) in [6.07, 6.45) is 9.82. The molecular weight excluding hydrogens is 208 g/mol. The van der Waals surface area contributed by atoms with E-state index in [0.717, 1.165) is 6.42 Å². The van der Waals surface area contributed by atoms with Crippen LogP contribution in [0.2, 0.25) is 0 Å². The number of aliphatic hydroxyl groups excluding tert-OH is 1. The fourth-order valence-electron chi connectivity index (χ4n) is 2.89. The summed E-state index contributed by atoms with van der Waals surface area (Å²) in [6.45, 7) is 0. The van der Waals surface area contributed by atoms with E-state index in [9.17, 15) is 5.11 Å². The highest BCUT2D eigenvalue weighted by Gasteiger charge is 2.20. The molecule has 0 spiro atoms. The Bertz CT molecular complexity index is 299. The molecular formula is C16H24O. The molecule has 2 rings (SSSR count). The fourth-order valence-corrected chi connectivity index (χ4v) is 2.89. The van der Waals surface area contributed by atoms with Gasteiger partial charge in [-0.3, -0.25) is 0 Å². The van der Waals surface area contributed by atoms with Crippen molar-refractivity contribution in [2.24, 2.45) is 5.92 Å². The number of hydrogen-bond acceptors (Lipinski definition) is 1. The van der Waals surface area contributed by atoms with Crippen molar-refractivity contribution >= 4 is 0 Å². The van der Waals surface area contributed by atoms with Gasteiger partial charge in [0.1, 0.15) is 0 Å². The summed E-state index contributed by atoms with van der Waals surface area (Å²) in [5.41, 5.74) is 1.27. The molecule has 1 nitrogen and oxygen atoms in total. The van der Waals surface area contributed by atoms with Gasteiger partial charge in [0, 0.05) is 0 Å². The Hall–Kier alpha value is -0.820. The molecule has 1 aromatic carbocycles. The lowest BCUT2D eigenvalue weighted by Gasteiger charge is -2.25. The summed E-state index contributed by atoms with van der Waals surface area (Å²) < 4.78 is 0. The highest BCUT2D eigenvalue weighted by molar-refractivity contribution is 5.15. The van der Waals surface area contributed by atoms with Crippen LogP contribution in [0.4, 0.5) is 0 Å². The molecule has 1 saturated carbocycles. The lowest BCUT2D eigenvalue weighted by Crippen LogP contribution is -2.23. The molecule has 1 aliphatic carbocycles. The highest BCUT2D eigenvalue weighted by atomic mass is 16.3. The van der Waals surface area contributed by atoms with Crippen LogP contribution in [0.3, 0.4) is 0 Å². The maximum absolute atomic E-state index is 10.3. The molecule has 94 valence electrons. The minimum atomic E-state index is -0.143. The monoisotopic (exact) mass is 232 g/mol. The molecule has 0 radical (unpaired) electrons. The fraction of sp³-hybridized carbons (Fsp3) is 0.625. The van der Waals surface area contributed by atoms with Gasteiger partial charge in [-0.2, -0.15) is 0 Å². The van der Waals surface area contributed by atoms with E-state index >= 15 is 0 Å². The first kappa shape index (κ1) is 12.6. The average Bonchev–Trinajstić information content (AvgIpc) is 2.29. The summed E-state index contributed by atoms with van der Waals surface area (Å²) in [4.78, 5) is 0. The van der Waals surface area contributed by atoms with Crippen molar-refractivity contribution < 1.29 is 5.11 Å². The van der Waals surface area contributed by atoms with Gasteiger partial charge < -0.3 is 5.11 Å². The van der Waals surface area contributed by atoms with Crippen LogP contribution in [0.1, 0.15) is 50.5 Å². The summed E-state index contributed by atoms with van der Waals surface area (Å²) in [5, 5.41) is 10.3. The predicted molar refractivity (Wildman–Crippen MR) is 72.0 cm³/mol. The van der Waals surface area contributed by atoms with Crippen LogP contribution >= 0.6 is 0 Å². The third-order valence-electron chi connectivity index (χ3n) is 3.98. The Balaban J connectivity index is 1.87. The largest absolute Gasteiger partial charge is 0.392 e. The van der Waals surface area contributed by atoms with Gasteiger partial charge in [0.15, 0.2) is 0 Å². The van der Waals surface area contributed by atoms with E-state index in [1.165, 1.54) is 50.5 Å². The van der Waals surface area contributed by atoms with Crippen molar-refractivity contribution in [3.63, 3.8) is 0 Å². The van der Waals surface area contributed by atoms with Gasteiger partial charge in [0.2, 0.25) is 0 Å². The van der Waals surface area contributed by atoms with E-state index in [-0.39, 0.29) is 6.10 Å². The molecule has 1 unspecified atom stereocenters. The Kier molecular flexibility index (Phi) is 5.06. The summed E-state index contributed by atoms with van der Waals surface area (Å²) in [5.74, 6) is 0.524. The summed E-state index contributed by atoms with van der Waals surface area (Å²) >= 11 is 0. The van der Waals surface area contributed by atoms with Crippen molar-refractivity contribution in [1.82, 2.24) is 0 Å². The molecule has 0 amide bonds. The van der Waals surface area contributed by atoms with E-state index in [1.807, 2.05) is 6.07 Å². The lowest BCUT2D eigenvalue weighted by atomic mass is 9.85. The molecule has 0 saturated heterocycles. The lowest BCUT2D eigenvalue weighted by molar-refractivity contribution is 0.0913. The Morgan fingerprint density at radius 3 is 2.18 bits per heavy atom. The molecule has 1 aromatic rings. The minimum Gasteiger partial charge on any atom is -0.392 e. The van der Waals surface area contributed by atoms with E-state index in [0.29, 0.717) is 5.92 Å². The number of rotatable bonds is 3. The van der Waals surface area contributed by atoms with Crippen LogP contribution in [0, 0.1) is 5.92 Å². The maximum Gasteiger partial charge on any atom is 0.0608 e. The summed E-state index contributed by atoms with van der Waals surface area (Å²) in [7, 11) is 0. The molecule has 0 heterocycles. The summed E-state index contributed by atoms with van der Waals surface area (Å²) in [6, 6.07) is 10.4. The van der Waals surface area contributed by atoms with Crippen LogP contribution < -0.4 is 0 Å². The van der Waals surface area contributed by atoms with Crippen molar-refractivity contribution in [1.29, 1.82) is 0 Å². The maximum atomic E-state index is 10.3.